The predicted octanol–water partition coefficient (Wildman–Crippen LogP) is 1.27. The van der Waals surface area contributed by atoms with Crippen molar-refractivity contribution < 1.29 is 14.5 Å². The van der Waals surface area contributed by atoms with Crippen molar-refractivity contribution >= 4 is 11.8 Å². The van der Waals surface area contributed by atoms with Crippen LogP contribution in [0.1, 0.15) is 32.6 Å². The van der Waals surface area contributed by atoms with E-state index in [9.17, 15) is 9.59 Å². The molecule has 0 radical (unpaired) electrons. The summed E-state index contributed by atoms with van der Waals surface area (Å²) in [6.45, 7) is 10.5. The Morgan fingerprint density at radius 3 is 2.36 bits per heavy atom. The van der Waals surface area contributed by atoms with E-state index in [1.54, 1.807) is 6.07 Å². The third-order valence-corrected chi connectivity index (χ3v) is 5.69. The van der Waals surface area contributed by atoms with Gasteiger partial charge in [-0.05, 0) is 49.6 Å². The maximum absolute atomic E-state index is 12.5. The number of benzene rings is 2. The Balaban J connectivity index is 1.45. The summed E-state index contributed by atoms with van der Waals surface area (Å²) in [7, 11) is 0. The van der Waals surface area contributed by atoms with Crippen LogP contribution >= 0.6 is 0 Å². The SMILES string of the molecule is Cc1ccc(C(=O)NCC(=O)N2CC[NH+](Cc3ccccc3C)CC2)cc1C. The first kappa shape index (κ1) is 20.1. The minimum absolute atomic E-state index is 0.00729. The van der Waals surface area contributed by atoms with Crippen LogP contribution in [0.2, 0.25) is 0 Å². The normalized spacial score (nSPS) is 14.8. The molecule has 1 heterocycles. The molecular formula is C23H30N3O2+. The molecule has 5 nitrogen and oxygen atoms in total. The number of aryl methyl sites for hydroxylation is 3. The van der Waals surface area contributed by atoms with Gasteiger partial charge in [0.1, 0.15) is 6.54 Å². The van der Waals surface area contributed by atoms with Crippen molar-refractivity contribution in [3.8, 4) is 0 Å². The van der Waals surface area contributed by atoms with Crippen LogP contribution in [0, 0.1) is 20.8 Å². The summed E-state index contributed by atoms with van der Waals surface area (Å²) in [5.41, 5.74) is 5.52. The summed E-state index contributed by atoms with van der Waals surface area (Å²) in [6, 6.07) is 14.1. The minimum Gasteiger partial charge on any atom is -0.343 e. The number of carbonyl (C=O) groups is 2. The largest absolute Gasteiger partial charge is 0.343 e. The molecule has 1 aliphatic heterocycles. The lowest BCUT2D eigenvalue weighted by Crippen LogP contribution is -3.13. The third kappa shape index (κ3) is 4.98. The number of hydrogen-bond donors (Lipinski definition) is 2. The van der Waals surface area contributed by atoms with Crippen molar-refractivity contribution in [2.45, 2.75) is 27.3 Å². The van der Waals surface area contributed by atoms with Gasteiger partial charge in [-0.2, -0.15) is 0 Å². The second-order valence-electron chi connectivity index (χ2n) is 7.72. The number of hydrogen-bond acceptors (Lipinski definition) is 2. The predicted molar refractivity (Wildman–Crippen MR) is 110 cm³/mol. The summed E-state index contributed by atoms with van der Waals surface area (Å²) in [5.74, 6) is -0.201. The molecule has 3 rings (SSSR count). The molecule has 148 valence electrons. The summed E-state index contributed by atoms with van der Waals surface area (Å²) < 4.78 is 0. The summed E-state index contributed by atoms with van der Waals surface area (Å²) in [5, 5.41) is 2.76. The topological polar surface area (TPSA) is 53.9 Å². The molecule has 2 aromatic rings. The molecule has 2 amide bonds. The lowest BCUT2D eigenvalue weighted by molar-refractivity contribution is -0.917. The summed E-state index contributed by atoms with van der Waals surface area (Å²) in [6.07, 6.45) is 0. The van der Waals surface area contributed by atoms with Crippen molar-refractivity contribution in [3.63, 3.8) is 0 Å². The first-order valence-corrected chi connectivity index (χ1v) is 9.95. The van der Waals surface area contributed by atoms with Crippen LogP contribution in [0.5, 0.6) is 0 Å². The Morgan fingerprint density at radius 1 is 0.964 bits per heavy atom. The van der Waals surface area contributed by atoms with Crippen LogP contribution in [-0.2, 0) is 11.3 Å². The van der Waals surface area contributed by atoms with Gasteiger partial charge in [-0.1, -0.05) is 30.3 Å². The lowest BCUT2D eigenvalue weighted by Gasteiger charge is -2.32. The van der Waals surface area contributed by atoms with Gasteiger partial charge in [0.05, 0.1) is 32.7 Å². The molecule has 28 heavy (non-hydrogen) atoms. The molecule has 0 aromatic heterocycles. The van der Waals surface area contributed by atoms with Crippen LogP contribution in [0.3, 0.4) is 0 Å². The van der Waals surface area contributed by atoms with Crippen molar-refractivity contribution in [2.24, 2.45) is 0 Å². The molecule has 0 unspecified atom stereocenters. The van der Waals surface area contributed by atoms with Gasteiger partial charge in [0.25, 0.3) is 5.91 Å². The van der Waals surface area contributed by atoms with E-state index in [0.29, 0.717) is 5.56 Å². The highest BCUT2D eigenvalue weighted by Crippen LogP contribution is 2.09. The maximum atomic E-state index is 12.5. The highest BCUT2D eigenvalue weighted by molar-refractivity contribution is 5.96. The van der Waals surface area contributed by atoms with E-state index in [-0.39, 0.29) is 18.4 Å². The average molecular weight is 381 g/mol. The molecule has 2 N–H and O–H groups in total. The number of nitrogens with one attached hydrogen (secondary N) is 2. The van der Waals surface area contributed by atoms with Gasteiger partial charge in [0.2, 0.25) is 5.91 Å². The standard InChI is InChI=1S/C23H29N3O2/c1-17-8-9-20(14-19(17)3)23(28)24-15-22(27)26-12-10-25(11-13-26)16-21-7-5-4-6-18(21)2/h4-9,14H,10-13,15-16H2,1-3H3,(H,24,28)/p+1. The van der Waals surface area contributed by atoms with Crippen molar-refractivity contribution in [2.75, 3.05) is 32.7 Å². The van der Waals surface area contributed by atoms with Gasteiger partial charge in [-0.3, -0.25) is 9.59 Å². The number of piperazine rings is 1. The Bertz CT molecular complexity index is 855. The van der Waals surface area contributed by atoms with E-state index in [4.69, 9.17) is 0 Å². The zero-order valence-electron chi connectivity index (χ0n) is 17.0. The molecule has 0 bridgehead atoms. The molecule has 2 aromatic carbocycles. The van der Waals surface area contributed by atoms with Crippen LogP contribution in [0.15, 0.2) is 42.5 Å². The summed E-state index contributed by atoms with van der Waals surface area (Å²) in [4.78, 5) is 28.1. The van der Waals surface area contributed by atoms with Crippen molar-refractivity contribution in [3.05, 3.63) is 70.3 Å². The molecule has 5 heteroatoms. The fourth-order valence-corrected chi connectivity index (χ4v) is 3.58. The monoisotopic (exact) mass is 380 g/mol. The molecule has 1 aliphatic rings. The van der Waals surface area contributed by atoms with Crippen LogP contribution in [0.4, 0.5) is 0 Å². The number of carbonyl (C=O) groups excluding carboxylic acids is 2. The zero-order valence-corrected chi connectivity index (χ0v) is 17.0. The Labute approximate surface area is 167 Å². The molecule has 1 saturated heterocycles. The molecule has 0 atom stereocenters. The molecule has 0 spiro atoms. The first-order valence-electron chi connectivity index (χ1n) is 9.95. The maximum Gasteiger partial charge on any atom is 0.251 e. The highest BCUT2D eigenvalue weighted by Gasteiger charge is 2.24. The van der Waals surface area contributed by atoms with Crippen molar-refractivity contribution in [1.29, 1.82) is 0 Å². The Kier molecular flexibility index (Phi) is 6.47. The third-order valence-electron chi connectivity index (χ3n) is 5.69. The van der Waals surface area contributed by atoms with E-state index in [2.05, 4.69) is 36.5 Å². The van der Waals surface area contributed by atoms with Crippen LogP contribution in [0.25, 0.3) is 0 Å². The van der Waals surface area contributed by atoms with Gasteiger partial charge in [0.15, 0.2) is 0 Å². The summed E-state index contributed by atoms with van der Waals surface area (Å²) >= 11 is 0. The van der Waals surface area contributed by atoms with E-state index >= 15 is 0 Å². The number of quaternary nitrogens is 1. The van der Waals surface area contributed by atoms with Gasteiger partial charge in [-0.25, -0.2) is 0 Å². The van der Waals surface area contributed by atoms with E-state index in [1.165, 1.54) is 16.0 Å². The Hall–Kier alpha value is -2.66. The molecule has 1 fully saturated rings. The first-order chi connectivity index (χ1) is 13.4. The highest BCUT2D eigenvalue weighted by atomic mass is 16.2. The van der Waals surface area contributed by atoms with E-state index in [0.717, 1.165) is 43.9 Å². The minimum atomic E-state index is -0.194. The van der Waals surface area contributed by atoms with Gasteiger partial charge in [-0.15, -0.1) is 0 Å². The molecule has 0 saturated carbocycles. The zero-order chi connectivity index (χ0) is 20.1. The second-order valence-corrected chi connectivity index (χ2v) is 7.72. The van der Waals surface area contributed by atoms with Crippen molar-refractivity contribution in [1.82, 2.24) is 10.2 Å². The fraction of sp³-hybridized carbons (Fsp3) is 0.391. The number of nitrogens with zero attached hydrogens (tertiary/aromatic N) is 1. The van der Waals surface area contributed by atoms with Gasteiger partial charge >= 0.3 is 0 Å². The van der Waals surface area contributed by atoms with Gasteiger partial charge < -0.3 is 15.1 Å². The smallest absolute Gasteiger partial charge is 0.251 e. The molecule has 0 aliphatic carbocycles. The Morgan fingerprint density at radius 2 is 1.68 bits per heavy atom. The van der Waals surface area contributed by atoms with E-state index < -0.39 is 0 Å². The van der Waals surface area contributed by atoms with Crippen LogP contribution < -0.4 is 10.2 Å². The average Bonchev–Trinajstić information content (AvgIpc) is 2.70. The van der Waals surface area contributed by atoms with Crippen LogP contribution in [-0.4, -0.2) is 49.4 Å². The number of rotatable bonds is 5. The van der Waals surface area contributed by atoms with E-state index in [1.807, 2.05) is 30.9 Å². The fourth-order valence-electron chi connectivity index (χ4n) is 3.58. The quantitative estimate of drug-likeness (QED) is 0.821. The second kappa shape index (κ2) is 9.02. The van der Waals surface area contributed by atoms with Gasteiger partial charge in [0, 0.05) is 11.1 Å². The number of amides is 2. The lowest BCUT2D eigenvalue weighted by atomic mass is 10.1. The molecular weight excluding hydrogens is 350 g/mol.